The standard InChI is InChI=1S/C27H34N2O6.C4H6O6/c1-2-23(30)19-5-8-21(9-6-19)33-14-11-26(31)28-22(18-29-12-3-4-13-29)27(32)20-7-10-24-25(17-20)35-16-15-34-24;5-1(3(7)8)2(6)4(9)10/h5-10,17,22,27,32H,2-4,11-16,18H2,1H3,(H,28,31);1-2,5-6H,(H,7,8)(H,9,10)/t22-,27-;1-,2-/m11/s1. The van der Waals surface area contributed by atoms with Crippen molar-refractivity contribution in [3.8, 4) is 17.2 Å². The highest BCUT2D eigenvalue weighted by atomic mass is 16.6. The minimum absolute atomic E-state index is 0.0801. The maximum absolute atomic E-state index is 12.8. The molecule has 0 aromatic heterocycles. The summed E-state index contributed by atoms with van der Waals surface area (Å²) in [5.41, 5.74) is 1.33. The predicted molar refractivity (Wildman–Crippen MR) is 158 cm³/mol. The van der Waals surface area contributed by atoms with E-state index >= 15 is 0 Å². The summed E-state index contributed by atoms with van der Waals surface area (Å²) in [5, 5.41) is 46.7. The Bertz CT molecular complexity index is 1280. The first-order valence-corrected chi connectivity index (χ1v) is 14.7. The molecule has 2 aliphatic rings. The van der Waals surface area contributed by atoms with Crippen molar-refractivity contribution in [1.82, 2.24) is 10.2 Å². The number of fused-ring (bicyclic) bond motifs is 1. The van der Waals surface area contributed by atoms with Gasteiger partial charge in [-0.2, -0.15) is 0 Å². The van der Waals surface area contributed by atoms with Gasteiger partial charge in [-0.05, 0) is 67.9 Å². The number of ether oxygens (including phenoxy) is 3. The lowest BCUT2D eigenvalue weighted by atomic mass is 10.0. The molecule has 0 radical (unpaired) electrons. The van der Waals surface area contributed by atoms with Gasteiger partial charge in [-0.15, -0.1) is 0 Å². The van der Waals surface area contributed by atoms with Crippen LogP contribution in [-0.4, -0.2) is 112 Å². The molecule has 1 saturated heterocycles. The lowest BCUT2D eigenvalue weighted by molar-refractivity contribution is -0.165. The second kappa shape index (κ2) is 17.3. The number of aliphatic hydroxyl groups excluding tert-OH is 3. The molecule has 45 heavy (non-hydrogen) atoms. The number of hydrogen-bond acceptors (Lipinski definition) is 11. The number of rotatable bonds is 14. The van der Waals surface area contributed by atoms with Gasteiger partial charge in [-0.25, -0.2) is 9.59 Å². The molecular weight excluding hydrogens is 592 g/mol. The number of carbonyl (C=O) groups excluding carboxylic acids is 2. The molecule has 4 rings (SSSR count). The maximum Gasteiger partial charge on any atom is 0.335 e. The Kier molecular flexibility index (Phi) is 13.5. The highest BCUT2D eigenvalue weighted by Crippen LogP contribution is 2.33. The van der Waals surface area contributed by atoms with Crippen LogP contribution in [0.1, 0.15) is 54.6 Å². The Morgan fingerprint density at radius 3 is 2.07 bits per heavy atom. The number of aliphatic hydroxyl groups is 3. The second-order valence-corrected chi connectivity index (χ2v) is 10.5. The van der Waals surface area contributed by atoms with E-state index in [4.69, 9.17) is 34.6 Å². The smallest absolute Gasteiger partial charge is 0.335 e. The number of Topliss-reactive ketones (excluding diaryl/α,β-unsaturated/α-hetero) is 1. The van der Waals surface area contributed by atoms with Crippen LogP contribution in [0, 0.1) is 0 Å². The lowest BCUT2D eigenvalue weighted by Crippen LogP contribution is -2.47. The SMILES string of the molecule is CCC(=O)c1ccc(OCCC(=O)N[C@H](CN2CCCC2)[C@H](O)c2ccc3c(c2)OCCO3)cc1.O=C(O)[C@H](O)[C@@H](O)C(=O)O. The zero-order chi connectivity index (χ0) is 32.9. The predicted octanol–water partition coefficient (Wildman–Crippen LogP) is 1.01. The minimum Gasteiger partial charge on any atom is -0.493 e. The second-order valence-electron chi connectivity index (χ2n) is 10.5. The van der Waals surface area contributed by atoms with E-state index in [0.29, 0.717) is 54.6 Å². The van der Waals surface area contributed by atoms with Crippen molar-refractivity contribution in [2.75, 3.05) is 39.5 Å². The molecule has 0 unspecified atom stereocenters. The van der Waals surface area contributed by atoms with Crippen molar-refractivity contribution in [1.29, 1.82) is 0 Å². The molecule has 246 valence electrons. The number of nitrogens with zero attached hydrogens (tertiary/aromatic N) is 1. The summed E-state index contributed by atoms with van der Waals surface area (Å²) < 4.78 is 16.9. The van der Waals surface area contributed by atoms with Gasteiger partial charge in [-0.1, -0.05) is 13.0 Å². The van der Waals surface area contributed by atoms with Crippen LogP contribution in [-0.2, 0) is 14.4 Å². The van der Waals surface area contributed by atoms with E-state index in [9.17, 15) is 24.3 Å². The summed E-state index contributed by atoms with van der Waals surface area (Å²) in [6, 6.07) is 11.9. The number of likely N-dealkylation sites (tertiary alicyclic amines) is 1. The molecule has 0 saturated carbocycles. The Morgan fingerprint density at radius 2 is 1.49 bits per heavy atom. The van der Waals surface area contributed by atoms with E-state index < -0.39 is 36.3 Å². The van der Waals surface area contributed by atoms with Crippen molar-refractivity contribution < 1.29 is 58.9 Å². The van der Waals surface area contributed by atoms with Gasteiger partial charge in [0.2, 0.25) is 5.91 Å². The fourth-order valence-corrected chi connectivity index (χ4v) is 4.70. The van der Waals surface area contributed by atoms with Gasteiger partial charge < -0.3 is 50.0 Å². The Hall–Kier alpha value is -4.24. The van der Waals surface area contributed by atoms with Gasteiger partial charge >= 0.3 is 11.9 Å². The number of carboxylic acid groups (broad SMARTS) is 2. The molecule has 2 aliphatic heterocycles. The molecule has 0 bridgehead atoms. The number of carboxylic acids is 2. The number of carbonyl (C=O) groups is 4. The summed E-state index contributed by atoms with van der Waals surface area (Å²) >= 11 is 0. The number of benzene rings is 2. The van der Waals surface area contributed by atoms with E-state index in [-0.39, 0.29) is 24.7 Å². The Morgan fingerprint density at radius 1 is 0.889 bits per heavy atom. The minimum atomic E-state index is -2.27. The fourth-order valence-electron chi connectivity index (χ4n) is 4.70. The number of hydrogen-bond donors (Lipinski definition) is 6. The van der Waals surface area contributed by atoms with E-state index in [2.05, 4.69) is 10.2 Å². The summed E-state index contributed by atoms with van der Waals surface area (Å²) in [7, 11) is 0. The van der Waals surface area contributed by atoms with E-state index in [0.717, 1.165) is 25.9 Å². The quantitative estimate of drug-likeness (QED) is 0.161. The molecule has 1 amide bonds. The van der Waals surface area contributed by atoms with Crippen LogP contribution in [0.3, 0.4) is 0 Å². The van der Waals surface area contributed by atoms with Crippen molar-refractivity contribution in [3.05, 3.63) is 53.6 Å². The molecular formula is C31H40N2O12. The largest absolute Gasteiger partial charge is 0.493 e. The van der Waals surface area contributed by atoms with Crippen molar-refractivity contribution in [2.45, 2.75) is 57.0 Å². The third-order valence-electron chi connectivity index (χ3n) is 7.19. The molecule has 6 N–H and O–H groups in total. The normalized spacial score (nSPS) is 16.7. The highest BCUT2D eigenvalue weighted by Gasteiger charge is 2.30. The van der Waals surface area contributed by atoms with Crippen molar-refractivity contribution in [2.24, 2.45) is 0 Å². The summed E-state index contributed by atoms with van der Waals surface area (Å²) in [4.78, 5) is 46.3. The van der Waals surface area contributed by atoms with Gasteiger partial charge in [0.25, 0.3) is 0 Å². The monoisotopic (exact) mass is 632 g/mol. The Balaban J connectivity index is 0.000000477. The maximum atomic E-state index is 12.8. The van der Waals surface area contributed by atoms with E-state index in [1.807, 2.05) is 13.0 Å². The van der Waals surface area contributed by atoms with Crippen LogP contribution in [0.25, 0.3) is 0 Å². The lowest BCUT2D eigenvalue weighted by Gasteiger charge is -2.29. The van der Waals surface area contributed by atoms with Gasteiger partial charge in [0.1, 0.15) is 25.1 Å². The van der Waals surface area contributed by atoms with Crippen LogP contribution in [0.2, 0.25) is 0 Å². The summed E-state index contributed by atoms with van der Waals surface area (Å²) in [5.74, 6) is -1.77. The van der Waals surface area contributed by atoms with Gasteiger partial charge in [0, 0.05) is 18.5 Å². The molecule has 1 fully saturated rings. The molecule has 14 heteroatoms. The third-order valence-corrected chi connectivity index (χ3v) is 7.19. The average Bonchev–Trinajstić information content (AvgIpc) is 3.56. The van der Waals surface area contributed by atoms with Crippen LogP contribution in [0.5, 0.6) is 17.2 Å². The molecule has 4 atom stereocenters. The first-order chi connectivity index (χ1) is 21.5. The van der Waals surface area contributed by atoms with Gasteiger partial charge in [0.05, 0.1) is 19.1 Å². The van der Waals surface area contributed by atoms with Crippen LogP contribution in [0.15, 0.2) is 42.5 Å². The molecule has 2 aromatic carbocycles. The fraction of sp³-hybridized carbons (Fsp3) is 0.484. The van der Waals surface area contributed by atoms with Gasteiger partial charge in [0.15, 0.2) is 29.5 Å². The molecule has 0 aliphatic carbocycles. The Labute approximate surface area is 260 Å². The van der Waals surface area contributed by atoms with Gasteiger partial charge in [-0.3, -0.25) is 9.59 Å². The number of amides is 1. The molecule has 0 spiro atoms. The summed E-state index contributed by atoms with van der Waals surface area (Å²) in [6.45, 7) is 5.48. The number of nitrogens with one attached hydrogen (secondary N) is 1. The van der Waals surface area contributed by atoms with Crippen LogP contribution >= 0.6 is 0 Å². The first-order valence-electron chi connectivity index (χ1n) is 14.7. The van der Waals surface area contributed by atoms with Crippen molar-refractivity contribution in [3.63, 3.8) is 0 Å². The van der Waals surface area contributed by atoms with Crippen LogP contribution in [0.4, 0.5) is 0 Å². The zero-order valence-corrected chi connectivity index (χ0v) is 25.0. The topological polar surface area (TPSA) is 212 Å². The average molecular weight is 633 g/mol. The third kappa shape index (κ3) is 10.7. The van der Waals surface area contributed by atoms with E-state index in [1.165, 1.54) is 0 Å². The van der Waals surface area contributed by atoms with Crippen molar-refractivity contribution >= 4 is 23.6 Å². The summed E-state index contributed by atoms with van der Waals surface area (Å²) in [6.07, 6.45) is -2.57. The zero-order valence-electron chi connectivity index (χ0n) is 25.0. The van der Waals surface area contributed by atoms with E-state index in [1.54, 1.807) is 36.4 Å². The molecule has 2 aromatic rings. The first kappa shape index (κ1) is 35.2. The number of aliphatic carboxylic acids is 2. The highest BCUT2D eigenvalue weighted by molar-refractivity contribution is 5.95. The molecule has 2 heterocycles. The molecule has 14 nitrogen and oxygen atoms in total. The van der Waals surface area contributed by atoms with Crippen LogP contribution < -0.4 is 19.5 Å². The number of ketones is 1.